The molecule has 0 amide bonds. The summed E-state index contributed by atoms with van der Waals surface area (Å²) in [7, 11) is 0. The molecule has 0 aliphatic carbocycles. The van der Waals surface area contributed by atoms with Crippen molar-refractivity contribution in [3.63, 3.8) is 0 Å². The highest BCUT2D eigenvalue weighted by Gasteiger charge is 2.41. The van der Waals surface area contributed by atoms with Gasteiger partial charge in [-0.15, -0.1) is 0 Å². The molecular weight excluding hydrogens is 224 g/mol. The van der Waals surface area contributed by atoms with E-state index in [9.17, 15) is 0 Å². The number of nitrogens with zero attached hydrogens (tertiary/aromatic N) is 2. The van der Waals surface area contributed by atoms with Crippen LogP contribution in [0.2, 0.25) is 0 Å². The van der Waals surface area contributed by atoms with Crippen LogP contribution in [-0.2, 0) is 0 Å². The third kappa shape index (κ3) is 1.56. The summed E-state index contributed by atoms with van der Waals surface area (Å²) in [4.78, 5) is 12.4. The first-order valence-corrected chi connectivity index (χ1v) is 6.62. The maximum absolute atomic E-state index is 4.56. The van der Waals surface area contributed by atoms with E-state index in [1.54, 1.807) is 0 Å². The lowest BCUT2D eigenvalue weighted by Crippen LogP contribution is -2.22. The summed E-state index contributed by atoms with van der Waals surface area (Å²) < 4.78 is 0. The van der Waals surface area contributed by atoms with Gasteiger partial charge < -0.3 is 10.3 Å². The number of aromatic amines is 1. The van der Waals surface area contributed by atoms with Gasteiger partial charge in [0.2, 0.25) is 0 Å². The van der Waals surface area contributed by atoms with Crippen LogP contribution in [0, 0.1) is 0 Å². The van der Waals surface area contributed by atoms with Crippen molar-refractivity contribution in [2.45, 2.75) is 37.3 Å². The highest BCUT2D eigenvalue weighted by Crippen LogP contribution is 2.39. The normalized spacial score (nSPS) is 29.9. The summed E-state index contributed by atoms with van der Waals surface area (Å²) in [5.74, 6) is 1.68. The zero-order valence-corrected chi connectivity index (χ0v) is 10.1. The van der Waals surface area contributed by atoms with Gasteiger partial charge in [-0.1, -0.05) is 6.07 Å². The van der Waals surface area contributed by atoms with Crippen molar-refractivity contribution < 1.29 is 0 Å². The van der Waals surface area contributed by atoms with Crippen molar-refractivity contribution in [2.24, 2.45) is 0 Å². The third-order valence-corrected chi connectivity index (χ3v) is 4.19. The van der Waals surface area contributed by atoms with Gasteiger partial charge in [0.25, 0.3) is 0 Å². The molecule has 2 aliphatic rings. The summed E-state index contributed by atoms with van der Waals surface area (Å²) >= 11 is 0. The molecule has 0 saturated carbocycles. The molecule has 2 aromatic heterocycles. The summed E-state index contributed by atoms with van der Waals surface area (Å²) in [5, 5.41) is 3.65. The highest BCUT2D eigenvalue weighted by atomic mass is 15.1. The molecule has 4 nitrogen and oxygen atoms in total. The van der Waals surface area contributed by atoms with Crippen LogP contribution in [0.15, 0.2) is 30.6 Å². The van der Waals surface area contributed by atoms with Crippen molar-refractivity contribution in [1.29, 1.82) is 0 Å². The predicted octanol–water partition coefficient (Wildman–Crippen LogP) is 2.08. The van der Waals surface area contributed by atoms with Gasteiger partial charge in [0, 0.05) is 24.2 Å². The number of fused-ring (bicyclic) bond motifs is 2. The lowest BCUT2D eigenvalue weighted by atomic mass is 9.89. The first kappa shape index (κ1) is 10.3. The molecule has 2 saturated heterocycles. The van der Waals surface area contributed by atoms with Crippen LogP contribution in [0.1, 0.15) is 31.0 Å². The van der Waals surface area contributed by atoms with Gasteiger partial charge in [0.1, 0.15) is 5.82 Å². The molecule has 18 heavy (non-hydrogen) atoms. The van der Waals surface area contributed by atoms with E-state index in [2.05, 4.69) is 20.3 Å². The second-order valence-corrected chi connectivity index (χ2v) is 5.29. The Kier molecular flexibility index (Phi) is 2.23. The molecule has 4 heteroatoms. The van der Waals surface area contributed by atoms with Gasteiger partial charge >= 0.3 is 0 Å². The molecule has 3 atom stereocenters. The van der Waals surface area contributed by atoms with E-state index in [-0.39, 0.29) is 0 Å². The number of pyridine rings is 1. The number of nitrogens with one attached hydrogen (secondary N) is 2. The molecule has 0 spiro atoms. The van der Waals surface area contributed by atoms with Crippen molar-refractivity contribution in [3.05, 3.63) is 36.4 Å². The molecule has 2 fully saturated rings. The standard InChI is InChI=1S/C14H16N4/c1-2-6-15-12(3-1)13-8-16-14(18-13)10-7-9-4-5-11(10)17-9/h1-3,6,8-11,17H,4-5,7H2,(H,16,18). The average Bonchev–Trinajstić information content (AvgIpc) is 3.15. The van der Waals surface area contributed by atoms with E-state index in [1.165, 1.54) is 19.3 Å². The van der Waals surface area contributed by atoms with E-state index in [4.69, 9.17) is 0 Å². The zero-order chi connectivity index (χ0) is 11.9. The first-order valence-electron chi connectivity index (χ1n) is 6.62. The number of hydrogen-bond acceptors (Lipinski definition) is 3. The summed E-state index contributed by atoms with van der Waals surface area (Å²) in [6.45, 7) is 0. The Labute approximate surface area is 106 Å². The Morgan fingerprint density at radius 1 is 1.17 bits per heavy atom. The van der Waals surface area contributed by atoms with Crippen LogP contribution in [0.25, 0.3) is 11.4 Å². The van der Waals surface area contributed by atoms with Gasteiger partial charge in [0.15, 0.2) is 0 Å². The van der Waals surface area contributed by atoms with Gasteiger partial charge in [-0.3, -0.25) is 4.98 Å². The topological polar surface area (TPSA) is 53.6 Å². The molecule has 0 aromatic carbocycles. The molecule has 4 heterocycles. The van der Waals surface area contributed by atoms with E-state index in [1.807, 2.05) is 30.6 Å². The minimum atomic E-state index is 0.557. The Bertz CT molecular complexity index is 548. The fraction of sp³-hybridized carbons (Fsp3) is 0.429. The van der Waals surface area contributed by atoms with E-state index in [0.717, 1.165) is 17.2 Å². The minimum Gasteiger partial charge on any atom is -0.340 e. The second kappa shape index (κ2) is 3.92. The molecule has 2 aromatic rings. The van der Waals surface area contributed by atoms with Crippen LogP contribution in [0.4, 0.5) is 0 Å². The van der Waals surface area contributed by atoms with Crippen LogP contribution < -0.4 is 5.32 Å². The SMILES string of the molecule is c1ccc(-c2cnc(C3CC4CCC3N4)[nH]2)nc1. The van der Waals surface area contributed by atoms with Crippen LogP contribution >= 0.6 is 0 Å². The summed E-state index contributed by atoms with van der Waals surface area (Å²) in [5.41, 5.74) is 1.99. The number of imidazole rings is 1. The molecule has 0 radical (unpaired) electrons. The number of H-pyrrole nitrogens is 1. The van der Waals surface area contributed by atoms with E-state index >= 15 is 0 Å². The minimum absolute atomic E-state index is 0.557. The highest BCUT2D eigenvalue weighted by molar-refractivity contribution is 5.52. The molecule has 2 bridgehead atoms. The smallest absolute Gasteiger partial charge is 0.111 e. The van der Waals surface area contributed by atoms with Crippen molar-refractivity contribution >= 4 is 0 Å². The maximum Gasteiger partial charge on any atom is 0.111 e. The monoisotopic (exact) mass is 240 g/mol. The van der Waals surface area contributed by atoms with E-state index < -0.39 is 0 Å². The molecular formula is C14H16N4. The third-order valence-electron chi connectivity index (χ3n) is 4.19. The molecule has 3 unspecified atom stereocenters. The first-order chi connectivity index (χ1) is 8.90. The summed E-state index contributed by atoms with van der Waals surface area (Å²) in [6.07, 6.45) is 7.56. The number of aromatic nitrogens is 3. The summed E-state index contributed by atoms with van der Waals surface area (Å²) in [6, 6.07) is 7.28. The quantitative estimate of drug-likeness (QED) is 0.845. The van der Waals surface area contributed by atoms with E-state index in [0.29, 0.717) is 18.0 Å². The molecule has 4 rings (SSSR count). The van der Waals surface area contributed by atoms with Crippen LogP contribution in [-0.4, -0.2) is 27.0 Å². The van der Waals surface area contributed by atoms with Crippen LogP contribution in [0.5, 0.6) is 0 Å². The molecule has 2 aliphatic heterocycles. The zero-order valence-electron chi connectivity index (χ0n) is 10.1. The maximum atomic E-state index is 4.56. The Morgan fingerprint density at radius 2 is 2.17 bits per heavy atom. The second-order valence-electron chi connectivity index (χ2n) is 5.29. The van der Waals surface area contributed by atoms with Gasteiger partial charge in [-0.2, -0.15) is 0 Å². The lowest BCUT2D eigenvalue weighted by Gasteiger charge is -2.17. The van der Waals surface area contributed by atoms with Crippen molar-refractivity contribution in [2.75, 3.05) is 0 Å². The fourth-order valence-corrected chi connectivity index (χ4v) is 3.30. The Balaban J connectivity index is 1.63. The van der Waals surface area contributed by atoms with Gasteiger partial charge in [-0.25, -0.2) is 4.98 Å². The average molecular weight is 240 g/mol. The van der Waals surface area contributed by atoms with Crippen molar-refractivity contribution in [3.8, 4) is 11.4 Å². The number of hydrogen-bond donors (Lipinski definition) is 2. The van der Waals surface area contributed by atoms with Crippen LogP contribution in [0.3, 0.4) is 0 Å². The number of rotatable bonds is 2. The van der Waals surface area contributed by atoms with Crippen molar-refractivity contribution in [1.82, 2.24) is 20.3 Å². The molecule has 92 valence electrons. The fourth-order valence-electron chi connectivity index (χ4n) is 3.30. The Hall–Kier alpha value is -1.68. The lowest BCUT2D eigenvalue weighted by molar-refractivity contribution is 0.490. The molecule has 2 N–H and O–H groups in total. The predicted molar refractivity (Wildman–Crippen MR) is 69.1 cm³/mol. The Morgan fingerprint density at radius 3 is 2.89 bits per heavy atom. The largest absolute Gasteiger partial charge is 0.340 e. The van der Waals surface area contributed by atoms with Gasteiger partial charge in [-0.05, 0) is 31.4 Å². The van der Waals surface area contributed by atoms with Gasteiger partial charge in [0.05, 0.1) is 17.6 Å².